The molecular weight excluding hydrogens is 624 g/mol. The number of carbonyl (C=O) groups is 2. The minimum Gasteiger partial charge on any atom is -0.493 e. The zero-order chi connectivity index (χ0) is 33.9. The molecule has 1 atom stereocenters. The molecule has 256 valence electrons. The van der Waals surface area contributed by atoms with Gasteiger partial charge in [-0.1, -0.05) is 23.7 Å². The van der Waals surface area contributed by atoms with E-state index in [1.165, 1.54) is 25.7 Å². The summed E-state index contributed by atoms with van der Waals surface area (Å²) in [7, 11) is 3.80. The zero-order valence-corrected chi connectivity index (χ0v) is 29.7. The lowest BCUT2D eigenvalue weighted by molar-refractivity contribution is -0.131. The number of rotatable bonds is 9. The van der Waals surface area contributed by atoms with Crippen molar-refractivity contribution in [1.29, 1.82) is 0 Å². The van der Waals surface area contributed by atoms with Crippen molar-refractivity contribution in [2.24, 2.45) is 5.92 Å². The number of ether oxygens (including phenoxy) is 2. The van der Waals surface area contributed by atoms with Crippen LogP contribution >= 0.6 is 11.6 Å². The van der Waals surface area contributed by atoms with Crippen LogP contribution in [0.2, 0.25) is 5.02 Å². The molecule has 9 heteroatoms. The van der Waals surface area contributed by atoms with E-state index >= 15 is 0 Å². The Balaban J connectivity index is 1.17. The highest BCUT2D eigenvalue weighted by molar-refractivity contribution is 6.30. The van der Waals surface area contributed by atoms with Crippen molar-refractivity contribution in [3.05, 3.63) is 82.4 Å². The molecule has 48 heavy (non-hydrogen) atoms. The van der Waals surface area contributed by atoms with Gasteiger partial charge < -0.3 is 24.2 Å². The predicted octanol–water partition coefficient (Wildman–Crippen LogP) is 6.97. The fourth-order valence-corrected chi connectivity index (χ4v) is 7.91. The number of carbonyl (C=O) groups excluding carboxylic acids is 2. The lowest BCUT2D eigenvalue weighted by atomic mass is 9.84. The number of anilines is 2. The van der Waals surface area contributed by atoms with Crippen LogP contribution in [0.1, 0.15) is 69.2 Å². The Morgan fingerprint density at radius 1 is 0.938 bits per heavy atom. The Morgan fingerprint density at radius 2 is 1.60 bits per heavy atom. The lowest BCUT2D eigenvalue weighted by Crippen LogP contribution is -2.52. The molecule has 0 unspecified atom stereocenters. The van der Waals surface area contributed by atoms with Crippen molar-refractivity contribution < 1.29 is 19.1 Å². The van der Waals surface area contributed by atoms with Crippen LogP contribution in [0.5, 0.6) is 11.5 Å². The van der Waals surface area contributed by atoms with Crippen LogP contribution < -0.4 is 19.3 Å². The first kappa shape index (κ1) is 34.1. The number of halogens is 1. The van der Waals surface area contributed by atoms with Gasteiger partial charge in [-0.15, -0.1) is 0 Å². The van der Waals surface area contributed by atoms with Gasteiger partial charge in [0.05, 0.1) is 25.7 Å². The quantitative estimate of drug-likeness (QED) is 0.245. The van der Waals surface area contributed by atoms with Gasteiger partial charge >= 0.3 is 0 Å². The second kappa shape index (κ2) is 14.8. The third-order valence-electron chi connectivity index (χ3n) is 10.3. The molecule has 2 fully saturated rings. The topological polar surface area (TPSA) is 65.6 Å². The molecule has 0 spiro atoms. The minimum absolute atomic E-state index is 0.0263. The molecule has 1 saturated carbocycles. The zero-order valence-electron chi connectivity index (χ0n) is 29.0. The van der Waals surface area contributed by atoms with Crippen LogP contribution in [0.15, 0.2) is 60.7 Å². The first-order valence-corrected chi connectivity index (χ1v) is 17.7. The van der Waals surface area contributed by atoms with E-state index in [4.69, 9.17) is 21.1 Å². The summed E-state index contributed by atoms with van der Waals surface area (Å²) in [6, 6.07) is 20.5. The first-order chi connectivity index (χ1) is 23.1. The molecule has 2 amide bonds. The summed E-state index contributed by atoms with van der Waals surface area (Å²) in [5.41, 5.74) is 4.94. The maximum absolute atomic E-state index is 13.9. The number of fused-ring (bicyclic) bond motifs is 1. The Labute approximate surface area is 290 Å². The van der Waals surface area contributed by atoms with Crippen LogP contribution in [-0.4, -0.2) is 80.6 Å². The summed E-state index contributed by atoms with van der Waals surface area (Å²) in [4.78, 5) is 34.5. The lowest BCUT2D eigenvalue weighted by Gasteiger charge is -2.42. The highest BCUT2D eigenvalue weighted by Crippen LogP contribution is 2.44. The van der Waals surface area contributed by atoms with Crippen LogP contribution in [0.4, 0.5) is 11.4 Å². The van der Waals surface area contributed by atoms with Gasteiger partial charge in [0.15, 0.2) is 11.5 Å². The van der Waals surface area contributed by atoms with Gasteiger partial charge in [-0.3, -0.25) is 14.5 Å². The largest absolute Gasteiger partial charge is 0.493 e. The van der Waals surface area contributed by atoms with E-state index in [0.717, 1.165) is 60.8 Å². The molecule has 1 aliphatic carbocycles. The normalized spacial score (nSPS) is 21.6. The molecule has 3 aromatic rings. The van der Waals surface area contributed by atoms with E-state index in [2.05, 4.69) is 41.1 Å². The van der Waals surface area contributed by atoms with Crippen molar-refractivity contribution in [3.63, 3.8) is 0 Å². The molecule has 6 rings (SSSR count). The summed E-state index contributed by atoms with van der Waals surface area (Å²) in [6.45, 7) is 10.4. The number of piperazine rings is 1. The van der Waals surface area contributed by atoms with Gasteiger partial charge in [0, 0.05) is 69.1 Å². The first-order valence-electron chi connectivity index (χ1n) is 17.4. The summed E-state index contributed by atoms with van der Waals surface area (Å²) in [5.74, 6) is 2.17. The van der Waals surface area contributed by atoms with Crippen molar-refractivity contribution in [3.8, 4) is 11.5 Å². The van der Waals surface area contributed by atoms with Crippen LogP contribution in [-0.2, 0) is 16.0 Å². The average Bonchev–Trinajstić information content (AvgIpc) is 3.08. The van der Waals surface area contributed by atoms with Crippen LogP contribution in [0.25, 0.3) is 0 Å². The number of benzene rings is 3. The molecule has 8 nitrogen and oxygen atoms in total. The summed E-state index contributed by atoms with van der Waals surface area (Å²) >= 11 is 6.29. The minimum atomic E-state index is -0.344. The second-order valence-electron chi connectivity index (χ2n) is 13.9. The molecule has 0 N–H and O–H groups in total. The summed E-state index contributed by atoms with van der Waals surface area (Å²) < 4.78 is 11.8. The fraction of sp³-hybridized carbons (Fsp3) is 0.487. The number of nitrogens with zero attached hydrogens (tertiary/aromatic N) is 4. The molecule has 2 aliphatic heterocycles. The van der Waals surface area contributed by atoms with E-state index < -0.39 is 0 Å². The molecule has 2 heterocycles. The second-order valence-corrected chi connectivity index (χ2v) is 14.3. The maximum Gasteiger partial charge on any atom is 0.232 e. The Bertz CT molecular complexity index is 1580. The van der Waals surface area contributed by atoms with E-state index in [1.807, 2.05) is 60.0 Å². The number of amides is 2. The molecule has 1 saturated heterocycles. The predicted molar refractivity (Wildman–Crippen MR) is 193 cm³/mol. The Kier molecular flexibility index (Phi) is 10.5. The van der Waals surface area contributed by atoms with Crippen LogP contribution in [0, 0.1) is 5.92 Å². The molecule has 3 aliphatic rings. The molecule has 3 aromatic carbocycles. The molecule has 0 radical (unpaired) electrons. The average molecular weight is 673 g/mol. The number of hydrogen-bond acceptors (Lipinski definition) is 6. The van der Waals surface area contributed by atoms with Gasteiger partial charge in [-0.25, -0.2) is 0 Å². The van der Waals surface area contributed by atoms with Crippen LogP contribution in [0.3, 0.4) is 0 Å². The third kappa shape index (κ3) is 7.45. The van der Waals surface area contributed by atoms with Gasteiger partial charge in [-0.05, 0) is 111 Å². The number of methoxy groups -OCH3 is 1. The molecular formula is C39H49ClN4O4. The van der Waals surface area contributed by atoms with Crippen molar-refractivity contribution in [2.45, 2.75) is 71.1 Å². The van der Waals surface area contributed by atoms with Crippen molar-refractivity contribution in [1.82, 2.24) is 9.80 Å². The van der Waals surface area contributed by atoms with E-state index in [0.29, 0.717) is 28.5 Å². The standard InChI is InChI=1S/C39H49ClN4O4/c1-26(2)48-37-24-35-30(22-36(37)47-5)23-38(46)44(39(35)29-8-10-31(40)11-9-29)34-16-14-32(15-17-34)41(4)25-28-6-12-33(13-7-28)43-20-18-42(19-21-43)27(3)45/h8-11,14-17,22,24,26,28,33,39H,6-7,12-13,18-21,23,25H2,1-5H3/t28-,33-,39-/m0/s1. The highest BCUT2D eigenvalue weighted by atomic mass is 35.5. The monoisotopic (exact) mass is 672 g/mol. The van der Waals surface area contributed by atoms with E-state index in [-0.39, 0.29) is 30.4 Å². The van der Waals surface area contributed by atoms with E-state index in [1.54, 1.807) is 14.0 Å². The number of hydrogen-bond donors (Lipinski definition) is 0. The summed E-state index contributed by atoms with van der Waals surface area (Å²) in [5, 5.41) is 0.652. The van der Waals surface area contributed by atoms with Gasteiger partial charge in [0.25, 0.3) is 0 Å². The van der Waals surface area contributed by atoms with Gasteiger partial charge in [0.2, 0.25) is 11.8 Å². The van der Waals surface area contributed by atoms with Gasteiger partial charge in [0.1, 0.15) is 0 Å². The molecule has 0 bridgehead atoms. The smallest absolute Gasteiger partial charge is 0.232 e. The highest BCUT2D eigenvalue weighted by Gasteiger charge is 2.36. The summed E-state index contributed by atoms with van der Waals surface area (Å²) in [6.07, 6.45) is 5.13. The van der Waals surface area contributed by atoms with E-state index in [9.17, 15) is 9.59 Å². The Morgan fingerprint density at radius 3 is 2.21 bits per heavy atom. The Hall–Kier alpha value is -3.75. The third-order valence-corrected chi connectivity index (χ3v) is 10.6. The fourth-order valence-electron chi connectivity index (χ4n) is 7.78. The van der Waals surface area contributed by atoms with Crippen molar-refractivity contribution in [2.75, 3.05) is 56.7 Å². The van der Waals surface area contributed by atoms with Crippen molar-refractivity contribution >= 4 is 34.8 Å². The SMILES string of the molecule is COc1cc2c(cc1OC(C)C)[C@H](c1ccc(Cl)cc1)N(c1ccc(N(C)C[C@H]3CC[C@H](N4CCN(C(C)=O)CC4)CC3)cc1)C(=O)C2. The molecule has 0 aromatic heterocycles. The maximum atomic E-state index is 13.9. The van der Waals surface area contributed by atoms with Gasteiger partial charge in [-0.2, -0.15) is 0 Å².